The lowest BCUT2D eigenvalue weighted by Gasteiger charge is -2.35. The van der Waals surface area contributed by atoms with Crippen LogP contribution in [0.3, 0.4) is 0 Å². The van der Waals surface area contributed by atoms with Gasteiger partial charge in [-0.2, -0.15) is 0 Å². The second kappa shape index (κ2) is 6.18. The van der Waals surface area contributed by atoms with Gasteiger partial charge in [-0.3, -0.25) is 9.59 Å². The first-order valence-electron chi connectivity index (χ1n) is 6.58. The molecule has 1 aliphatic carbocycles. The molecule has 0 bridgehead atoms. The van der Waals surface area contributed by atoms with Gasteiger partial charge in [0, 0.05) is 6.04 Å². The van der Waals surface area contributed by atoms with Gasteiger partial charge in [-0.1, -0.05) is 6.92 Å². The van der Waals surface area contributed by atoms with Crippen LogP contribution in [0.5, 0.6) is 0 Å². The van der Waals surface area contributed by atoms with Crippen molar-refractivity contribution in [3.8, 4) is 0 Å². The number of esters is 1. The van der Waals surface area contributed by atoms with Gasteiger partial charge in [0.25, 0.3) is 0 Å². The lowest BCUT2D eigenvalue weighted by atomic mass is 9.84. The SMILES string of the molecule is CCC(C)(NC1CCC(C(=O)OC)CC1)C(N)=O. The Morgan fingerprint density at radius 3 is 2.28 bits per heavy atom. The first-order valence-corrected chi connectivity index (χ1v) is 6.58. The van der Waals surface area contributed by atoms with Crippen LogP contribution < -0.4 is 11.1 Å². The Bertz CT molecular complexity index is 311. The fourth-order valence-electron chi connectivity index (χ4n) is 2.44. The van der Waals surface area contributed by atoms with E-state index in [9.17, 15) is 9.59 Å². The van der Waals surface area contributed by atoms with E-state index >= 15 is 0 Å². The van der Waals surface area contributed by atoms with E-state index in [1.807, 2.05) is 13.8 Å². The Labute approximate surface area is 108 Å². The van der Waals surface area contributed by atoms with E-state index in [1.54, 1.807) is 0 Å². The molecule has 0 heterocycles. The van der Waals surface area contributed by atoms with E-state index in [2.05, 4.69) is 5.32 Å². The smallest absolute Gasteiger partial charge is 0.308 e. The molecule has 1 atom stereocenters. The second-order valence-electron chi connectivity index (χ2n) is 5.27. The summed E-state index contributed by atoms with van der Waals surface area (Å²) in [6.07, 6.45) is 4.04. The molecule has 1 aliphatic rings. The standard InChI is InChI=1S/C13H24N2O3/c1-4-13(2,12(14)17)15-10-7-5-9(6-8-10)11(16)18-3/h9-10,15H,4-8H2,1-3H3,(H2,14,17). The third-order valence-corrected chi connectivity index (χ3v) is 4.04. The Hall–Kier alpha value is -1.10. The zero-order valence-corrected chi connectivity index (χ0v) is 11.5. The Balaban J connectivity index is 2.49. The summed E-state index contributed by atoms with van der Waals surface area (Å²) in [6, 6.07) is 0.253. The van der Waals surface area contributed by atoms with E-state index < -0.39 is 5.54 Å². The van der Waals surface area contributed by atoms with Crippen molar-refractivity contribution in [2.45, 2.75) is 57.5 Å². The van der Waals surface area contributed by atoms with Gasteiger partial charge in [-0.15, -0.1) is 0 Å². The number of nitrogens with two attached hydrogens (primary N) is 1. The molecule has 0 aromatic carbocycles. The first kappa shape index (κ1) is 15.0. The number of rotatable bonds is 5. The molecule has 0 aromatic rings. The van der Waals surface area contributed by atoms with E-state index in [4.69, 9.17) is 10.5 Å². The number of carbonyl (C=O) groups is 2. The van der Waals surface area contributed by atoms with Gasteiger partial charge in [-0.05, 0) is 39.0 Å². The summed E-state index contributed by atoms with van der Waals surface area (Å²) in [5.74, 6) is -0.434. The van der Waals surface area contributed by atoms with Crippen molar-refractivity contribution in [3.05, 3.63) is 0 Å². The maximum atomic E-state index is 11.4. The second-order valence-corrected chi connectivity index (χ2v) is 5.27. The maximum absolute atomic E-state index is 11.4. The summed E-state index contributed by atoms with van der Waals surface area (Å²) in [4.78, 5) is 22.8. The minimum absolute atomic E-state index is 0.00881. The Morgan fingerprint density at radius 2 is 1.89 bits per heavy atom. The largest absolute Gasteiger partial charge is 0.469 e. The number of hydrogen-bond acceptors (Lipinski definition) is 4. The van der Waals surface area contributed by atoms with Gasteiger partial charge in [-0.25, -0.2) is 0 Å². The van der Waals surface area contributed by atoms with Crippen LogP contribution in [0.4, 0.5) is 0 Å². The van der Waals surface area contributed by atoms with Crippen molar-refractivity contribution in [2.75, 3.05) is 7.11 Å². The molecule has 104 valence electrons. The summed E-state index contributed by atoms with van der Waals surface area (Å²) in [5.41, 5.74) is 4.77. The summed E-state index contributed by atoms with van der Waals surface area (Å²) < 4.78 is 4.75. The molecule has 5 heteroatoms. The van der Waals surface area contributed by atoms with Crippen LogP contribution in [-0.2, 0) is 14.3 Å². The number of carbonyl (C=O) groups excluding carboxylic acids is 2. The zero-order valence-electron chi connectivity index (χ0n) is 11.5. The molecule has 3 N–H and O–H groups in total. The van der Waals surface area contributed by atoms with Crippen LogP contribution in [0.2, 0.25) is 0 Å². The molecular weight excluding hydrogens is 232 g/mol. The average molecular weight is 256 g/mol. The van der Waals surface area contributed by atoms with Crippen LogP contribution in [0.1, 0.15) is 46.0 Å². The number of nitrogens with one attached hydrogen (secondary N) is 1. The van der Waals surface area contributed by atoms with Crippen molar-refractivity contribution < 1.29 is 14.3 Å². The van der Waals surface area contributed by atoms with Crippen LogP contribution in [-0.4, -0.2) is 30.6 Å². The number of methoxy groups -OCH3 is 1. The highest BCUT2D eigenvalue weighted by Gasteiger charge is 2.34. The number of ether oxygens (including phenoxy) is 1. The van der Waals surface area contributed by atoms with E-state index in [0.29, 0.717) is 6.42 Å². The van der Waals surface area contributed by atoms with Gasteiger partial charge in [0.05, 0.1) is 18.6 Å². The zero-order chi connectivity index (χ0) is 13.8. The highest BCUT2D eigenvalue weighted by molar-refractivity contribution is 5.84. The molecule has 1 fully saturated rings. The topological polar surface area (TPSA) is 81.4 Å². The normalized spacial score (nSPS) is 27.3. The third kappa shape index (κ3) is 3.45. The molecule has 5 nitrogen and oxygen atoms in total. The summed E-state index contributed by atoms with van der Waals surface area (Å²) >= 11 is 0. The van der Waals surface area contributed by atoms with Gasteiger partial charge < -0.3 is 15.8 Å². The Morgan fingerprint density at radius 1 is 1.33 bits per heavy atom. The van der Waals surface area contributed by atoms with Gasteiger partial charge in [0.1, 0.15) is 0 Å². The highest BCUT2D eigenvalue weighted by Crippen LogP contribution is 2.27. The predicted molar refractivity (Wildman–Crippen MR) is 68.8 cm³/mol. The quantitative estimate of drug-likeness (QED) is 0.718. The average Bonchev–Trinajstić information content (AvgIpc) is 2.38. The lowest BCUT2D eigenvalue weighted by Crippen LogP contribution is -2.57. The predicted octanol–water partition coefficient (Wildman–Crippen LogP) is 0.962. The fourth-order valence-corrected chi connectivity index (χ4v) is 2.44. The molecule has 0 spiro atoms. The summed E-state index contributed by atoms with van der Waals surface area (Å²) in [5, 5.41) is 3.33. The summed E-state index contributed by atoms with van der Waals surface area (Å²) in [6.45, 7) is 3.78. The molecule has 0 aromatic heterocycles. The van der Waals surface area contributed by atoms with Gasteiger partial charge in [0.2, 0.25) is 5.91 Å². The van der Waals surface area contributed by atoms with Crippen LogP contribution in [0.15, 0.2) is 0 Å². The van der Waals surface area contributed by atoms with E-state index in [0.717, 1.165) is 25.7 Å². The molecule has 0 aliphatic heterocycles. The fraction of sp³-hybridized carbons (Fsp3) is 0.846. The van der Waals surface area contributed by atoms with Gasteiger partial charge in [0.15, 0.2) is 0 Å². The Kier molecular flexibility index (Phi) is 5.14. The molecule has 1 rings (SSSR count). The monoisotopic (exact) mass is 256 g/mol. The van der Waals surface area contributed by atoms with Crippen molar-refractivity contribution in [2.24, 2.45) is 11.7 Å². The van der Waals surface area contributed by atoms with Crippen molar-refractivity contribution >= 4 is 11.9 Å². The molecule has 1 unspecified atom stereocenters. The van der Waals surface area contributed by atoms with Crippen LogP contribution in [0, 0.1) is 5.92 Å². The van der Waals surface area contributed by atoms with E-state index in [-0.39, 0.29) is 23.8 Å². The molecule has 1 amide bonds. The van der Waals surface area contributed by atoms with Crippen molar-refractivity contribution in [1.82, 2.24) is 5.32 Å². The minimum atomic E-state index is -0.650. The molecule has 1 saturated carbocycles. The molecule has 18 heavy (non-hydrogen) atoms. The van der Waals surface area contributed by atoms with Crippen molar-refractivity contribution in [3.63, 3.8) is 0 Å². The minimum Gasteiger partial charge on any atom is -0.469 e. The lowest BCUT2D eigenvalue weighted by molar-refractivity contribution is -0.146. The van der Waals surface area contributed by atoms with Crippen molar-refractivity contribution in [1.29, 1.82) is 0 Å². The summed E-state index contributed by atoms with van der Waals surface area (Å²) in [7, 11) is 1.42. The molecular formula is C13H24N2O3. The molecule has 0 saturated heterocycles. The maximum Gasteiger partial charge on any atom is 0.308 e. The van der Waals surface area contributed by atoms with Crippen LogP contribution in [0.25, 0.3) is 0 Å². The molecule has 0 radical (unpaired) electrons. The number of amides is 1. The number of hydrogen-bond donors (Lipinski definition) is 2. The van der Waals surface area contributed by atoms with E-state index in [1.165, 1.54) is 7.11 Å². The van der Waals surface area contributed by atoms with Gasteiger partial charge >= 0.3 is 5.97 Å². The number of primary amides is 1. The van der Waals surface area contributed by atoms with Crippen LogP contribution >= 0.6 is 0 Å². The first-order chi connectivity index (χ1) is 8.42. The third-order valence-electron chi connectivity index (χ3n) is 4.04. The highest BCUT2D eigenvalue weighted by atomic mass is 16.5.